The van der Waals surface area contributed by atoms with Crippen LogP contribution in [0.25, 0.3) is 0 Å². The average molecular weight is 498 g/mol. The van der Waals surface area contributed by atoms with E-state index in [0.717, 1.165) is 28.6 Å². The number of fused-ring (bicyclic) bond motifs is 1. The molecule has 170 valence electrons. The molecule has 2 aliphatic heterocycles. The molecule has 2 amide bonds. The fourth-order valence-electron chi connectivity index (χ4n) is 4.89. The Labute approximate surface area is 199 Å². The number of carbonyl (C=O) groups is 2. The number of piperidine rings is 1. The fourth-order valence-corrected chi connectivity index (χ4v) is 5.34. The van der Waals surface area contributed by atoms with Crippen LogP contribution in [0.5, 0.6) is 0 Å². The largest absolute Gasteiger partial charge is 0.352 e. The first-order valence-electron chi connectivity index (χ1n) is 11.7. The molecular weight excluding hydrogens is 466 g/mol. The summed E-state index contributed by atoms with van der Waals surface area (Å²) in [6, 6.07) is 14.2. The zero-order chi connectivity index (χ0) is 22.5. The molecule has 1 fully saturated rings. The van der Waals surface area contributed by atoms with Gasteiger partial charge in [-0.2, -0.15) is 0 Å². The summed E-state index contributed by atoms with van der Waals surface area (Å²) in [6.07, 6.45) is 6.07. The molecule has 0 aliphatic carbocycles. The molecule has 1 atom stereocenters. The quantitative estimate of drug-likeness (QED) is 0.522. The highest BCUT2D eigenvalue weighted by Crippen LogP contribution is 2.26. The van der Waals surface area contributed by atoms with Gasteiger partial charge in [-0.15, -0.1) is 0 Å². The van der Waals surface area contributed by atoms with Crippen LogP contribution >= 0.6 is 15.9 Å². The Hall–Kier alpha value is -2.18. The Balaban J connectivity index is 1.30. The molecular formula is C26H32BrN3O2. The first-order chi connectivity index (χ1) is 15.5. The predicted molar refractivity (Wildman–Crippen MR) is 131 cm³/mol. The van der Waals surface area contributed by atoms with Crippen LogP contribution in [0.15, 0.2) is 46.9 Å². The second-order valence-electron chi connectivity index (χ2n) is 8.87. The van der Waals surface area contributed by atoms with Gasteiger partial charge in [0.25, 0.3) is 11.8 Å². The summed E-state index contributed by atoms with van der Waals surface area (Å²) < 4.78 is 1.00. The molecule has 0 saturated carbocycles. The van der Waals surface area contributed by atoms with Crippen molar-refractivity contribution in [3.8, 4) is 0 Å². The van der Waals surface area contributed by atoms with Gasteiger partial charge in [0.05, 0.1) is 0 Å². The van der Waals surface area contributed by atoms with Gasteiger partial charge in [-0.25, -0.2) is 0 Å². The summed E-state index contributed by atoms with van der Waals surface area (Å²) in [4.78, 5) is 30.0. The van der Waals surface area contributed by atoms with Crippen molar-refractivity contribution in [3.63, 3.8) is 0 Å². The molecule has 1 N–H and O–H groups in total. The van der Waals surface area contributed by atoms with Crippen LogP contribution in [0.4, 0.5) is 0 Å². The van der Waals surface area contributed by atoms with Crippen molar-refractivity contribution in [2.45, 2.75) is 58.2 Å². The van der Waals surface area contributed by atoms with Gasteiger partial charge in [-0.1, -0.05) is 47.5 Å². The van der Waals surface area contributed by atoms with Gasteiger partial charge >= 0.3 is 0 Å². The van der Waals surface area contributed by atoms with E-state index in [2.05, 4.69) is 33.1 Å². The van der Waals surface area contributed by atoms with Crippen LogP contribution in [-0.4, -0.2) is 47.3 Å². The Morgan fingerprint density at radius 1 is 1.19 bits per heavy atom. The molecule has 2 aromatic rings. The number of nitrogens with zero attached hydrogens (tertiary/aromatic N) is 2. The van der Waals surface area contributed by atoms with Crippen LogP contribution in [0.2, 0.25) is 0 Å². The van der Waals surface area contributed by atoms with Gasteiger partial charge in [0, 0.05) is 47.8 Å². The van der Waals surface area contributed by atoms with Crippen molar-refractivity contribution in [2.75, 3.05) is 19.6 Å². The van der Waals surface area contributed by atoms with E-state index < -0.39 is 0 Å². The average Bonchev–Trinajstić information content (AvgIpc) is 3.11. The number of benzene rings is 2. The van der Waals surface area contributed by atoms with Crippen molar-refractivity contribution in [1.82, 2.24) is 15.1 Å². The fraction of sp³-hybridized carbons (Fsp3) is 0.462. The number of carbonyl (C=O) groups excluding carboxylic acids is 2. The van der Waals surface area contributed by atoms with Crippen LogP contribution in [0.1, 0.15) is 70.9 Å². The molecule has 6 heteroatoms. The summed E-state index contributed by atoms with van der Waals surface area (Å²) in [7, 11) is 0. The van der Waals surface area contributed by atoms with E-state index in [1.54, 1.807) is 6.07 Å². The van der Waals surface area contributed by atoms with Crippen LogP contribution in [-0.2, 0) is 13.1 Å². The molecule has 2 aliphatic rings. The number of hydrogen-bond acceptors (Lipinski definition) is 3. The minimum absolute atomic E-state index is 0.00895. The molecule has 1 saturated heterocycles. The molecule has 0 aromatic heterocycles. The summed E-state index contributed by atoms with van der Waals surface area (Å²) in [6.45, 7) is 6.27. The van der Waals surface area contributed by atoms with E-state index in [1.807, 2.05) is 41.3 Å². The third-order valence-electron chi connectivity index (χ3n) is 6.64. The van der Waals surface area contributed by atoms with Gasteiger partial charge in [0.1, 0.15) is 0 Å². The maximum absolute atomic E-state index is 12.9. The van der Waals surface area contributed by atoms with Crippen LogP contribution < -0.4 is 5.32 Å². The molecule has 5 nitrogen and oxygen atoms in total. The maximum atomic E-state index is 12.9. The van der Waals surface area contributed by atoms with Gasteiger partial charge in [0.15, 0.2) is 0 Å². The summed E-state index contributed by atoms with van der Waals surface area (Å²) in [5, 5.41) is 3.04. The van der Waals surface area contributed by atoms with Crippen molar-refractivity contribution < 1.29 is 9.59 Å². The highest BCUT2D eigenvalue weighted by atomic mass is 79.9. The lowest BCUT2D eigenvalue weighted by molar-refractivity contribution is 0.0766. The summed E-state index contributed by atoms with van der Waals surface area (Å²) in [5.74, 6) is -0.109. The second-order valence-corrected chi connectivity index (χ2v) is 9.78. The minimum Gasteiger partial charge on any atom is -0.352 e. The number of likely N-dealkylation sites (tertiary alicyclic amines) is 1. The molecule has 1 unspecified atom stereocenters. The first-order valence-corrected chi connectivity index (χ1v) is 12.5. The standard InChI is InChI=1S/C26H32BrN3O2/c1-2-23-9-3-4-13-29(23)14-6-12-28-25(31)20-10-11-21-18-30(26(32)24(21)16-20)17-19-7-5-8-22(27)15-19/h5,7-8,10-11,15-16,23H,2-4,6,9,12-14,17-18H2,1H3,(H,28,31). The van der Waals surface area contributed by atoms with Gasteiger partial charge < -0.3 is 15.1 Å². The molecule has 0 spiro atoms. The zero-order valence-corrected chi connectivity index (χ0v) is 20.4. The van der Waals surface area contributed by atoms with E-state index in [1.165, 1.54) is 32.2 Å². The summed E-state index contributed by atoms with van der Waals surface area (Å²) >= 11 is 3.48. The third-order valence-corrected chi connectivity index (χ3v) is 7.13. The Morgan fingerprint density at radius 3 is 2.88 bits per heavy atom. The number of halogens is 1. The second kappa shape index (κ2) is 10.6. The van der Waals surface area contributed by atoms with Crippen molar-refractivity contribution in [3.05, 3.63) is 69.2 Å². The highest BCUT2D eigenvalue weighted by molar-refractivity contribution is 9.10. The number of hydrogen-bond donors (Lipinski definition) is 1. The van der Waals surface area contributed by atoms with E-state index in [-0.39, 0.29) is 11.8 Å². The van der Waals surface area contributed by atoms with E-state index >= 15 is 0 Å². The molecule has 32 heavy (non-hydrogen) atoms. The topological polar surface area (TPSA) is 52.7 Å². The SMILES string of the molecule is CCC1CCCCN1CCCNC(=O)c1ccc2c(c1)C(=O)N(Cc1cccc(Br)c1)C2. The smallest absolute Gasteiger partial charge is 0.254 e. The molecule has 2 heterocycles. The maximum Gasteiger partial charge on any atom is 0.254 e. The minimum atomic E-state index is -0.100. The monoisotopic (exact) mass is 497 g/mol. The number of rotatable bonds is 8. The lowest BCUT2D eigenvalue weighted by atomic mass is 10.00. The Kier molecular flexibility index (Phi) is 7.63. The zero-order valence-electron chi connectivity index (χ0n) is 18.8. The van der Waals surface area contributed by atoms with E-state index in [4.69, 9.17) is 0 Å². The van der Waals surface area contributed by atoms with Crippen molar-refractivity contribution in [2.24, 2.45) is 0 Å². The third kappa shape index (κ3) is 5.41. The molecule has 4 rings (SSSR count). The molecule has 0 radical (unpaired) electrons. The first kappa shape index (κ1) is 23.0. The highest BCUT2D eigenvalue weighted by Gasteiger charge is 2.28. The predicted octanol–water partition coefficient (Wildman–Crippen LogP) is 4.99. The van der Waals surface area contributed by atoms with Gasteiger partial charge in [-0.05, 0) is 67.6 Å². The van der Waals surface area contributed by atoms with E-state index in [9.17, 15) is 9.59 Å². The Morgan fingerprint density at radius 2 is 2.06 bits per heavy atom. The lowest BCUT2D eigenvalue weighted by Crippen LogP contribution is -2.40. The van der Waals surface area contributed by atoms with Crippen LogP contribution in [0, 0.1) is 0 Å². The molecule has 0 bridgehead atoms. The van der Waals surface area contributed by atoms with E-state index in [0.29, 0.717) is 36.8 Å². The van der Waals surface area contributed by atoms with Gasteiger partial charge in [0.2, 0.25) is 0 Å². The summed E-state index contributed by atoms with van der Waals surface area (Å²) in [5.41, 5.74) is 3.27. The lowest BCUT2D eigenvalue weighted by Gasteiger charge is -2.35. The molecule has 2 aromatic carbocycles. The van der Waals surface area contributed by atoms with Gasteiger partial charge in [-0.3, -0.25) is 9.59 Å². The normalized spacial score (nSPS) is 18.6. The van der Waals surface area contributed by atoms with Crippen molar-refractivity contribution in [1.29, 1.82) is 0 Å². The number of nitrogens with one attached hydrogen (secondary N) is 1. The number of amides is 2. The van der Waals surface area contributed by atoms with Crippen molar-refractivity contribution >= 4 is 27.7 Å². The Bertz CT molecular complexity index is 977. The van der Waals surface area contributed by atoms with Crippen LogP contribution in [0.3, 0.4) is 0 Å².